The zero-order chi connectivity index (χ0) is 16.9. The van der Waals surface area contributed by atoms with Gasteiger partial charge in [0.2, 0.25) is 5.91 Å². The van der Waals surface area contributed by atoms with Crippen molar-refractivity contribution in [3.05, 3.63) is 65.7 Å². The van der Waals surface area contributed by atoms with Crippen molar-refractivity contribution >= 4 is 5.91 Å². The van der Waals surface area contributed by atoms with Gasteiger partial charge in [-0.2, -0.15) is 0 Å². The highest BCUT2D eigenvalue weighted by molar-refractivity contribution is 5.83. The van der Waals surface area contributed by atoms with Gasteiger partial charge in [0, 0.05) is 24.1 Å². The van der Waals surface area contributed by atoms with Crippen LogP contribution in [-0.4, -0.2) is 23.5 Å². The summed E-state index contributed by atoms with van der Waals surface area (Å²) in [5.74, 6) is 1.39. The summed E-state index contributed by atoms with van der Waals surface area (Å²) in [6.07, 6.45) is 4.31. The first-order valence-corrected chi connectivity index (χ1v) is 9.38. The molecule has 25 heavy (non-hydrogen) atoms. The van der Waals surface area contributed by atoms with E-state index in [4.69, 9.17) is 4.74 Å². The Hall–Kier alpha value is -2.29. The van der Waals surface area contributed by atoms with Gasteiger partial charge in [0.15, 0.2) is 0 Å². The second kappa shape index (κ2) is 5.62. The van der Waals surface area contributed by atoms with E-state index in [1.165, 1.54) is 11.1 Å². The molecule has 2 aliphatic heterocycles. The van der Waals surface area contributed by atoms with E-state index in [-0.39, 0.29) is 17.4 Å². The van der Waals surface area contributed by atoms with Crippen molar-refractivity contribution in [2.45, 2.75) is 43.7 Å². The van der Waals surface area contributed by atoms with Gasteiger partial charge in [-0.1, -0.05) is 48.5 Å². The van der Waals surface area contributed by atoms with Gasteiger partial charge in [0.05, 0.1) is 5.92 Å². The summed E-state index contributed by atoms with van der Waals surface area (Å²) in [6.45, 7) is 1.54. The molecule has 2 aromatic rings. The van der Waals surface area contributed by atoms with E-state index in [9.17, 15) is 4.79 Å². The minimum absolute atomic E-state index is 0.0624. The zero-order valence-corrected chi connectivity index (χ0v) is 14.4. The maximum atomic E-state index is 13.4. The highest BCUT2D eigenvalue weighted by Gasteiger charge is 2.60. The van der Waals surface area contributed by atoms with E-state index in [1.54, 1.807) is 0 Å². The van der Waals surface area contributed by atoms with Crippen molar-refractivity contribution in [2.24, 2.45) is 5.92 Å². The van der Waals surface area contributed by atoms with Crippen LogP contribution >= 0.6 is 0 Å². The lowest BCUT2D eigenvalue weighted by Crippen LogP contribution is -2.59. The van der Waals surface area contributed by atoms with Crippen LogP contribution < -0.4 is 4.74 Å². The number of ether oxygens (including phenoxy) is 1. The van der Waals surface area contributed by atoms with Crippen LogP contribution in [0.2, 0.25) is 0 Å². The quantitative estimate of drug-likeness (QED) is 0.834. The number of fused-ring (bicyclic) bond motifs is 1. The van der Waals surface area contributed by atoms with Gasteiger partial charge >= 0.3 is 0 Å². The third-order valence-electron chi connectivity index (χ3n) is 6.43. The molecular weight excluding hydrogens is 310 g/mol. The summed E-state index contributed by atoms with van der Waals surface area (Å²) in [6, 6.07) is 18.7. The van der Waals surface area contributed by atoms with Crippen LogP contribution in [0, 0.1) is 5.92 Å². The molecule has 0 aromatic heterocycles. The van der Waals surface area contributed by atoms with Crippen LogP contribution in [0.25, 0.3) is 0 Å². The molecule has 5 rings (SSSR count). The van der Waals surface area contributed by atoms with Crippen molar-refractivity contribution in [1.82, 2.24) is 4.90 Å². The summed E-state index contributed by atoms with van der Waals surface area (Å²) >= 11 is 0. The molecule has 3 heteroatoms. The predicted octanol–water partition coefficient (Wildman–Crippen LogP) is 3.92. The molecule has 2 aromatic carbocycles. The molecule has 0 bridgehead atoms. The second-order valence-corrected chi connectivity index (χ2v) is 7.62. The van der Waals surface area contributed by atoms with Crippen molar-refractivity contribution in [3.8, 4) is 5.75 Å². The molecule has 2 heterocycles. The van der Waals surface area contributed by atoms with Crippen molar-refractivity contribution in [1.29, 1.82) is 0 Å². The van der Waals surface area contributed by atoms with Gasteiger partial charge in [-0.3, -0.25) is 4.79 Å². The Kier molecular flexibility index (Phi) is 3.37. The molecular formula is C22H23NO2. The van der Waals surface area contributed by atoms with Gasteiger partial charge in [-0.25, -0.2) is 0 Å². The van der Waals surface area contributed by atoms with Gasteiger partial charge in [0.25, 0.3) is 0 Å². The van der Waals surface area contributed by atoms with Crippen molar-refractivity contribution in [3.63, 3.8) is 0 Å². The summed E-state index contributed by atoms with van der Waals surface area (Å²) in [5.41, 5.74) is 2.39. The van der Waals surface area contributed by atoms with E-state index in [0.717, 1.165) is 44.5 Å². The van der Waals surface area contributed by atoms with Gasteiger partial charge < -0.3 is 9.64 Å². The summed E-state index contributed by atoms with van der Waals surface area (Å²) in [5, 5.41) is 0. The fourth-order valence-electron chi connectivity index (χ4n) is 5.30. The van der Waals surface area contributed by atoms with E-state index >= 15 is 0 Å². The Labute approximate surface area is 148 Å². The number of para-hydroxylation sites is 1. The minimum atomic E-state index is -0.0981. The Morgan fingerprint density at radius 2 is 1.84 bits per heavy atom. The number of likely N-dealkylation sites (tertiary alicyclic amines) is 1. The lowest BCUT2D eigenvalue weighted by atomic mass is 9.58. The Balaban J connectivity index is 1.49. The first kappa shape index (κ1) is 15.0. The normalized spacial score (nSPS) is 30.2. The molecule has 3 aliphatic rings. The SMILES string of the molecule is O=C1[C@@H]2CCC[C@H]3Oc4ccccc4[C@]32CCN1Cc1ccccc1. The van der Waals surface area contributed by atoms with E-state index in [1.807, 2.05) is 24.3 Å². The topological polar surface area (TPSA) is 29.5 Å². The Bertz CT molecular complexity index is 803. The molecule has 128 valence electrons. The fourth-order valence-corrected chi connectivity index (χ4v) is 5.30. The number of piperidine rings is 1. The van der Waals surface area contributed by atoms with Crippen LogP contribution in [0.4, 0.5) is 0 Å². The number of benzene rings is 2. The lowest BCUT2D eigenvalue weighted by Gasteiger charge is -2.50. The van der Waals surface area contributed by atoms with Crippen LogP contribution in [-0.2, 0) is 16.8 Å². The van der Waals surface area contributed by atoms with Gasteiger partial charge in [-0.05, 0) is 37.3 Å². The van der Waals surface area contributed by atoms with Crippen molar-refractivity contribution < 1.29 is 9.53 Å². The summed E-state index contributed by atoms with van der Waals surface area (Å²) in [7, 11) is 0. The first-order valence-electron chi connectivity index (χ1n) is 9.38. The fraction of sp³-hybridized carbons (Fsp3) is 0.409. The van der Waals surface area contributed by atoms with E-state index in [2.05, 4.69) is 35.2 Å². The highest BCUT2D eigenvalue weighted by atomic mass is 16.5. The third kappa shape index (κ3) is 2.14. The second-order valence-electron chi connectivity index (χ2n) is 7.62. The number of carbonyl (C=O) groups is 1. The van der Waals surface area contributed by atoms with Gasteiger partial charge in [0.1, 0.15) is 11.9 Å². The van der Waals surface area contributed by atoms with Gasteiger partial charge in [-0.15, -0.1) is 0 Å². The number of carbonyl (C=O) groups excluding carboxylic acids is 1. The van der Waals surface area contributed by atoms with E-state index < -0.39 is 0 Å². The van der Waals surface area contributed by atoms with Crippen LogP contribution in [0.15, 0.2) is 54.6 Å². The Morgan fingerprint density at radius 3 is 2.72 bits per heavy atom. The predicted molar refractivity (Wildman–Crippen MR) is 96.4 cm³/mol. The van der Waals surface area contributed by atoms with Crippen molar-refractivity contribution in [2.75, 3.05) is 6.54 Å². The standard InChI is InChI=1S/C22H23NO2/c24-21-18-10-6-12-20-22(18,17-9-4-5-11-19(17)25-20)13-14-23(21)15-16-7-2-1-3-8-16/h1-5,7-9,11,18,20H,6,10,12-15H2/t18-,20+,22-/m0/s1. The zero-order valence-electron chi connectivity index (χ0n) is 14.4. The lowest BCUT2D eigenvalue weighted by molar-refractivity contribution is -0.148. The summed E-state index contributed by atoms with van der Waals surface area (Å²) < 4.78 is 6.30. The molecule has 3 atom stereocenters. The average molecular weight is 333 g/mol. The smallest absolute Gasteiger partial charge is 0.227 e. The number of rotatable bonds is 2. The molecule has 2 fully saturated rings. The molecule has 1 amide bonds. The molecule has 1 saturated carbocycles. The molecule has 0 unspecified atom stereocenters. The minimum Gasteiger partial charge on any atom is -0.489 e. The van der Waals surface area contributed by atoms with Crippen LogP contribution in [0.5, 0.6) is 5.75 Å². The maximum absolute atomic E-state index is 13.4. The summed E-state index contributed by atoms with van der Waals surface area (Å²) in [4.78, 5) is 15.4. The van der Waals surface area contributed by atoms with Crippen LogP contribution in [0.1, 0.15) is 36.8 Å². The molecule has 3 nitrogen and oxygen atoms in total. The number of nitrogens with zero attached hydrogens (tertiary/aromatic N) is 1. The maximum Gasteiger partial charge on any atom is 0.227 e. The molecule has 0 radical (unpaired) electrons. The highest BCUT2D eigenvalue weighted by Crippen LogP contribution is 2.57. The monoisotopic (exact) mass is 333 g/mol. The van der Waals surface area contributed by atoms with Crippen LogP contribution in [0.3, 0.4) is 0 Å². The first-order chi connectivity index (χ1) is 12.3. The third-order valence-corrected chi connectivity index (χ3v) is 6.43. The van der Waals surface area contributed by atoms with E-state index in [0.29, 0.717) is 5.91 Å². The number of hydrogen-bond donors (Lipinski definition) is 0. The number of amides is 1. The number of hydrogen-bond acceptors (Lipinski definition) is 2. The molecule has 1 saturated heterocycles. The Morgan fingerprint density at radius 1 is 1.04 bits per heavy atom. The average Bonchev–Trinajstić information content (AvgIpc) is 2.99. The molecule has 1 spiro atoms. The molecule has 1 aliphatic carbocycles. The molecule has 0 N–H and O–H groups in total. The largest absolute Gasteiger partial charge is 0.489 e.